The molecule has 2 heterocycles. The van der Waals surface area contributed by atoms with Crippen LogP contribution in [0.4, 0.5) is 4.79 Å². The number of morpholine rings is 1. The van der Waals surface area contributed by atoms with Crippen LogP contribution in [0.2, 0.25) is 0 Å². The van der Waals surface area contributed by atoms with Gasteiger partial charge in [0.25, 0.3) is 0 Å². The fourth-order valence-electron chi connectivity index (χ4n) is 2.66. The van der Waals surface area contributed by atoms with Crippen molar-refractivity contribution in [3.63, 3.8) is 0 Å². The molecule has 1 saturated heterocycles. The summed E-state index contributed by atoms with van der Waals surface area (Å²) in [5, 5.41) is 2.64. The lowest BCUT2D eigenvalue weighted by atomic mass is 10.0. The molecule has 0 spiro atoms. The van der Waals surface area contributed by atoms with Crippen LogP contribution in [-0.2, 0) is 20.9 Å². The second-order valence-corrected chi connectivity index (χ2v) is 6.49. The van der Waals surface area contributed by atoms with Crippen molar-refractivity contribution in [2.24, 2.45) is 0 Å². The number of carbonyl (C=O) groups excluding carboxylic acids is 2. The van der Waals surface area contributed by atoms with Gasteiger partial charge in [-0.3, -0.25) is 9.78 Å². The van der Waals surface area contributed by atoms with E-state index in [1.165, 1.54) is 0 Å². The minimum Gasteiger partial charge on any atom is -0.445 e. The van der Waals surface area contributed by atoms with Gasteiger partial charge in [0.05, 0.1) is 13.2 Å². The standard InChI is InChI=1S/C17H25N3O4/c1-12-9-14(10-13(2)18-12)11-24-16(22)19-17(3,4)15(21)20-5-7-23-8-6-20/h9-10H,5-8,11H2,1-4H3,(H,19,22). The SMILES string of the molecule is Cc1cc(COC(=O)NC(C)(C)C(=O)N2CCOCC2)cc(C)n1. The number of nitrogens with zero attached hydrogens (tertiary/aromatic N) is 2. The molecule has 1 fully saturated rings. The van der Waals surface area contributed by atoms with Crippen LogP contribution in [0.25, 0.3) is 0 Å². The fourth-order valence-corrected chi connectivity index (χ4v) is 2.66. The Labute approximate surface area is 142 Å². The molecule has 1 aliphatic heterocycles. The highest BCUT2D eigenvalue weighted by atomic mass is 16.5. The topological polar surface area (TPSA) is 80.8 Å². The molecule has 0 radical (unpaired) electrons. The Kier molecular flexibility index (Phi) is 5.77. The van der Waals surface area contributed by atoms with Crippen LogP contribution < -0.4 is 5.32 Å². The van der Waals surface area contributed by atoms with Crippen molar-refractivity contribution < 1.29 is 19.1 Å². The van der Waals surface area contributed by atoms with E-state index in [9.17, 15) is 9.59 Å². The lowest BCUT2D eigenvalue weighted by Gasteiger charge is -2.34. The average Bonchev–Trinajstić information content (AvgIpc) is 2.52. The van der Waals surface area contributed by atoms with Crippen molar-refractivity contribution in [1.29, 1.82) is 0 Å². The van der Waals surface area contributed by atoms with E-state index in [4.69, 9.17) is 9.47 Å². The Balaban J connectivity index is 1.89. The van der Waals surface area contributed by atoms with Gasteiger partial charge in [0, 0.05) is 24.5 Å². The monoisotopic (exact) mass is 335 g/mol. The number of aryl methyl sites for hydroxylation is 2. The van der Waals surface area contributed by atoms with Gasteiger partial charge in [0.1, 0.15) is 12.1 Å². The fraction of sp³-hybridized carbons (Fsp3) is 0.588. The third-order valence-electron chi connectivity index (χ3n) is 3.76. The third kappa shape index (κ3) is 4.92. The normalized spacial score (nSPS) is 15.1. The molecule has 0 atom stereocenters. The van der Waals surface area contributed by atoms with Gasteiger partial charge < -0.3 is 19.7 Å². The van der Waals surface area contributed by atoms with Gasteiger partial charge >= 0.3 is 6.09 Å². The highest BCUT2D eigenvalue weighted by Gasteiger charge is 2.34. The summed E-state index contributed by atoms with van der Waals surface area (Å²) < 4.78 is 10.5. The summed E-state index contributed by atoms with van der Waals surface area (Å²) in [5.74, 6) is -0.140. The second-order valence-electron chi connectivity index (χ2n) is 6.49. The summed E-state index contributed by atoms with van der Waals surface area (Å²) in [6.07, 6.45) is -0.617. The smallest absolute Gasteiger partial charge is 0.408 e. The number of rotatable bonds is 4. The zero-order valence-corrected chi connectivity index (χ0v) is 14.7. The zero-order valence-electron chi connectivity index (χ0n) is 14.7. The predicted octanol–water partition coefficient (Wildman–Crippen LogP) is 1.56. The lowest BCUT2D eigenvalue weighted by Crippen LogP contribution is -2.58. The molecule has 0 aromatic carbocycles. The van der Waals surface area contributed by atoms with E-state index in [-0.39, 0.29) is 12.5 Å². The maximum absolute atomic E-state index is 12.5. The average molecular weight is 335 g/mol. The van der Waals surface area contributed by atoms with Gasteiger partial charge in [-0.2, -0.15) is 0 Å². The van der Waals surface area contributed by atoms with Gasteiger partial charge in [-0.15, -0.1) is 0 Å². The van der Waals surface area contributed by atoms with Gasteiger partial charge in [-0.05, 0) is 45.4 Å². The number of hydrogen-bond acceptors (Lipinski definition) is 5. The van der Waals surface area contributed by atoms with Gasteiger partial charge in [-0.25, -0.2) is 4.79 Å². The maximum Gasteiger partial charge on any atom is 0.408 e. The summed E-state index contributed by atoms with van der Waals surface area (Å²) in [6, 6.07) is 3.73. The third-order valence-corrected chi connectivity index (χ3v) is 3.76. The van der Waals surface area contributed by atoms with Crippen molar-refractivity contribution >= 4 is 12.0 Å². The van der Waals surface area contributed by atoms with Crippen LogP contribution in [0.1, 0.15) is 30.8 Å². The van der Waals surface area contributed by atoms with Crippen molar-refractivity contribution in [3.8, 4) is 0 Å². The molecule has 132 valence electrons. The number of pyridine rings is 1. The van der Waals surface area contributed by atoms with Crippen molar-refractivity contribution in [1.82, 2.24) is 15.2 Å². The quantitative estimate of drug-likeness (QED) is 0.903. The van der Waals surface area contributed by atoms with Crippen LogP contribution in [0.5, 0.6) is 0 Å². The van der Waals surface area contributed by atoms with E-state index in [2.05, 4.69) is 10.3 Å². The summed E-state index contributed by atoms with van der Waals surface area (Å²) in [6.45, 7) is 9.38. The van der Waals surface area contributed by atoms with E-state index in [1.54, 1.807) is 18.7 Å². The Morgan fingerprint density at radius 3 is 2.42 bits per heavy atom. The number of ether oxygens (including phenoxy) is 2. The molecule has 0 aliphatic carbocycles. The van der Waals surface area contributed by atoms with Crippen LogP contribution in [0.3, 0.4) is 0 Å². The number of alkyl carbamates (subject to hydrolysis) is 1. The van der Waals surface area contributed by atoms with E-state index >= 15 is 0 Å². The molecule has 2 rings (SSSR count). The van der Waals surface area contributed by atoms with Crippen LogP contribution in [-0.4, -0.2) is 53.7 Å². The summed E-state index contributed by atoms with van der Waals surface area (Å²) in [5.41, 5.74) is 1.58. The van der Waals surface area contributed by atoms with Crippen molar-refractivity contribution in [3.05, 3.63) is 29.1 Å². The maximum atomic E-state index is 12.5. The highest BCUT2D eigenvalue weighted by Crippen LogP contribution is 2.12. The molecule has 7 heteroatoms. The molecule has 7 nitrogen and oxygen atoms in total. The van der Waals surface area contributed by atoms with Crippen LogP contribution in [0.15, 0.2) is 12.1 Å². The highest BCUT2D eigenvalue weighted by molar-refractivity contribution is 5.89. The molecular weight excluding hydrogens is 310 g/mol. The molecular formula is C17H25N3O4. The molecule has 24 heavy (non-hydrogen) atoms. The number of carbonyl (C=O) groups is 2. The van der Waals surface area contributed by atoms with E-state index < -0.39 is 11.6 Å². The number of hydrogen-bond donors (Lipinski definition) is 1. The van der Waals surface area contributed by atoms with E-state index in [0.717, 1.165) is 17.0 Å². The summed E-state index contributed by atoms with van der Waals surface area (Å²) in [7, 11) is 0. The predicted molar refractivity (Wildman–Crippen MR) is 88.5 cm³/mol. The largest absolute Gasteiger partial charge is 0.445 e. The summed E-state index contributed by atoms with van der Waals surface area (Å²) in [4.78, 5) is 30.5. The van der Waals surface area contributed by atoms with E-state index in [1.807, 2.05) is 26.0 Å². The van der Waals surface area contributed by atoms with Gasteiger partial charge in [0.2, 0.25) is 5.91 Å². The Bertz CT molecular complexity index is 590. The lowest BCUT2D eigenvalue weighted by molar-refractivity contribution is -0.141. The Morgan fingerprint density at radius 2 is 1.83 bits per heavy atom. The molecule has 1 aliphatic rings. The van der Waals surface area contributed by atoms with Crippen molar-refractivity contribution in [2.45, 2.75) is 39.8 Å². The first-order valence-electron chi connectivity index (χ1n) is 8.04. The van der Waals surface area contributed by atoms with E-state index in [0.29, 0.717) is 26.3 Å². The zero-order chi connectivity index (χ0) is 17.7. The molecule has 2 amide bonds. The molecule has 1 aromatic heterocycles. The first-order chi connectivity index (χ1) is 11.3. The molecule has 1 aromatic rings. The molecule has 0 unspecified atom stereocenters. The van der Waals surface area contributed by atoms with Crippen molar-refractivity contribution in [2.75, 3.05) is 26.3 Å². The Morgan fingerprint density at radius 1 is 1.25 bits per heavy atom. The second kappa shape index (κ2) is 7.61. The first-order valence-corrected chi connectivity index (χ1v) is 8.04. The molecule has 1 N–H and O–H groups in total. The summed E-state index contributed by atoms with van der Waals surface area (Å²) >= 11 is 0. The first kappa shape index (κ1) is 18.2. The number of nitrogens with one attached hydrogen (secondary N) is 1. The van der Waals surface area contributed by atoms with Crippen LogP contribution >= 0.6 is 0 Å². The van der Waals surface area contributed by atoms with Gasteiger partial charge in [-0.1, -0.05) is 0 Å². The number of amides is 2. The molecule has 0 saturated carbocycles. The van der Waals surface area contributed by atoms with Crippen LogP contribution in [0, 0.1) is 13.8 Å². The minimum absolute atomic E-state index is 0.137. The molecule has 0 bridgehead atoms. The minimum atomic E-state index is -1.03. The van der Waals surface area contributed by atoms with Gasteiger partial charge in [0.15, 0.2) is 0 Å². The number of aromatic nitrogens is 1. The Hall–Kier alpha value is -2.15.